The molecule has 1 saturated carbocycles. The van der Waals surface area contributed by atoms with Crippen LogP contribution in [0.5, 0.6) is 0 Å². The second-order valence-corrected chi connectivity index (χ2v) is 6.56. The standard InChI is InChI=1S/C20H19FN4O/c1-14-20(26)24(11-12-25(14)16-5-4-6-16)13-15-9-10-19(23-22-15)17-7-2-3-8-18(17)21/h2-3,7-12,16H,1,4-6,13H2. The number of amides is 1. The van der Waals surface area contributed by atoms with Gasteiger partial charge in [-0.3, -0.25) is 4.79 Å². The number of halogens is 1. The molecule has 0 N–H and O–H groups in total. The van der Waals surface area contributed by atoms with E-state index in [1.165, 1.54) is 12.5 Å². The fraction of sp³-hybridized carbons (Fsp3) is 0.250. The lowest BCUT2D eigenvalue weighted by Crippen LogP contribution is -2.44. The fourth-order valence-corrected chi connectivity index (χ4v) is 3.15. The molecule has 0 atom stereocenters. The summed E-state index contributed by atoms with van der Waals surface area (Å²) in [6.07, 6.45) is 7.07. The third kappa shape index (κ3) is 2.98. The molecule has 2 aromatic rings. The summed E-state index contributed by atoms with van der Waals surface area (Å²) >= 11 is 0. The van der Waals surface area contributed by atoms with E-state index in [0.29, 0.717) is 35.2 Å². The van der Waals surface area contributed by atoms with E-state index in [2.05, 4.69) is 16.8 Å². The largest absolute Gasteiger partial charge is 0.339 e. The van der Waals surface area contributed by atoms with Crippen molar-refractivity contribution in [3.8, 4) is 11.3 Å². The number of carbonyl (C=O) groups excluding carboxylic acids is 1. The van der Waals surface area contributed by atoms with Gasteiger partial charge in [-0.2, -0.15) is 10.2 Å². The molecule has 1 aromatic heterocycles. The predicted molar refractivity (Wildman–Crippen MR) is 95.7 cm³/mol. The van der Waals surface area contributed by atoms with Gasteiger partial charge in [-0.25, -0.2) is 4.39 Å². The molecule has 6 heteroatoms. The smallest absolute Gasteiger partial charge is 0.274 e. The van der Waals surface area contributed by atoms with Gasteiger partial charge in [0.15, 0.2) is 0 Å². The number of rotatable bonds is 4. The first kappa shape index (κ1) is 16.4. The summed E-state index contributed by atoms with van der Waals surface area (Å²) in [6, 6.07) is 10.3. The second-order valence-electron chi connectivity index (χ2n) is 6.56. The molecular weight excluding hydrogens is 331 g/mol. The first-order chi connectivity index (χ1) is 12.6. The van der Waals surface area contributed by atoms with Gasteiger partial charge in [0.1, 0.15) is 11.5 Å². The molecule has 132 valence electrons. The number of hydrogen-bond acceptors (Lipinski definition) is 4. The fourth-order valence-electron chi connectivity index (χ4n) is 3.15. The summed E-state index contributed by atoms with van der Waals surface area (Å²) in [5, 5.41) is 8.24. The quantitative estimate of drug-likeness (QED) is 0.793. The maximum Gasteiger partial charge on any atom is 0.274 e. The SMILES string of the molecule is C=C1C(=O)N(Cc2ccc(-c3ccccc3F)nn2)C=CN1C1CCC1. The summed E-state index contributed by atoms with van der Waals surface area (Å²) in [5.74, 6) is -0.463. The van der Waals surface area contributed by atoms with Crippen LogP contribution in [0, 0.1) is 5.82 Å². The van der Waals surface area contributed by atoms with Crippen LogP contribution in [0.25, 0.3) is 11.3 Å². The van der Waals surface area contributed by atoms with E-state index in [0.717, 1.165) is 12.8 Å². The minimum absolute atomic E-state index is 0.126. The van der Waals surface area contributed by atoms with Crippen LogP contribution in [-0.4, -0.2) is 31.9 Å². The molecule has 1 amide bonds. The van der Waals surface area contributed by atoms with Crippen LogP contribution in [0.1, 0.15) is 25.0 Å². The lowest BCUT2D eigenvalue weighted by molar-refractivity contribution is -0.127. The third-order valence-electron chi connectivity index (χ3n) is 4.90. The highest BCUT2D eigenvalue weighted by molar-refractivity contribution is 5.94. The number of benzene rings is 1. The normalized spacial score (nSPS) is 17.6. The van der Waals surface area contributed by atoms with Gasteiger partial charge in [-0.1, -0.05) is 18.7 Å². The van der Waals surface area contributed by atoms with Crippen molar-refractivity contribution < 1.29 is 9.18 Å². The van der Waals surface area contributed by atoms with E-state index in [4.69, 9.17) is 0 Å². The van der Waals surface area contributed by atoms with Gasteiger partial charge in [-0.05, 0) is 43.5 Å². The average molecular weight is 350 g/mol. The van der Waals surface area contributed by atoms with Gasteiger partial charge in [0.2, 0.25) is 0 Å². The van der Waals surface area contributed by atoms with Crippen molar-refractivity contribution in [1.82, 2.24) is 20.0 Å². The molecular formula is C20H19FN4O. The molecule has 1 aliphatic heterocycles. The van der Waals surface area contributed by atoms with E-state index >= 15 is 0 Å². The van der Waals surface area contributed by atoms with E-state index in [9.17, 15) is 9.18 Å². The van der Waals surface area contributed by atoms with Gasteiger partial charge < -0.3 is 9.80 Å². The molecule has 4 rings (SSSR count). The average Bonchev–Trinajstić information content (AvgIpc) is 2.61. The first-order valence-electron chi connectivity index (χ1n) is 8.67. The zero-order valence-electron chi connectivity index (χ0n) is 14.3. The number of aromatic nitrogens is 2. The highest BCUT2D eigenvalue weighted by Crippen LogP contribution is 2.30. The Morgan fingerprint density at radius 2 is 1.92 bits per heavy atom. The van der Waals surface area contributed by atoms with Crippen molar-refractivity contribution in [2.24, 2.45) is 0 Å². The van der Waals surface area contributed by atoms with E-state index in [1.54, 1.807) is 41.4 Å². The van der Waals surface area contributed by atoms with Crippen LogP contribution in [-0.2, 0) is 11.3 Å². The molecule has 1 aliphatic carbocycles. The Morgan fingerprint density at radius 1 is 1.12 bits per heavy atom. The van der Waals surface area contributed by atoms with Crippen LogP contribution in [0.15, 0.2) is 61.1 Å². The highest BCUT2D eigenvalue weighted by atomic mass is 19.1. The second kappa shape index (κ2) is 6.71. The molecule has 0 saturated heterocycles. The molecule has 0 radical (unpaired) electrons. The molecule has 26 heavy (non-hydrogen) atoms. The van der Waals surface area contributed by atoms with Crippen molar-refractivity contribution in [3.63, 3.8) is 0 Å². The molecule has 1 fully saturated rings. The van der Waals surface area contributed by atoms with Crippen LogP contribution >= 0.6 is 0 Å². The Kier molecular flexibility index (Phi) is 4.24. The summed E-state index contributed by atoms with van der Waals surface area (Å²) in [6.45, 7) is 4.24. The Labute approximate surface area is 151 Å². The van der Waals surface area contributed by atoms with Crippen LogP contribution in [0.4, 0.5) is 4.39 Å². The Balaban J connectivity index is 1.48. The Morgan fingerprint density at radius 3 is 2.58 bits per heavy atom. The minimum atomic E-state index is -0.337. The van der Waals surface area contributed by atoms with Crippen LogP contribution in [0.2, 0.25) is 0 Å². The molecule has 2 heterocycles. The lowest BCUT2D eigenvalue weighted by Gasteiger charge is -2.40. The van der Waals surface area contributed by atoms with E-state index in [1.807, 2.05) is 11.1 Å². The van der Waals surface area contributed by atoms with Crippen molar-refractivity contribution in [1.29, 1.82) is 0 Å². The van der Waals surface area contributed by atoms with Gasteiger partial charge in [-0.15, -0.1) is 0 Å². The maximum atomic E-state index is 13.8. The van der Waals surface area contributed by atoms with Crippen LogP contribution < -0.4 is 0 Å². The monoisotopic (exact) mass is 350 g/mol. The molecule has 0 bridgehead atoms. The lowest BCUT2D eigenvalue weighted by atomic mass is 9.91. The topological polar surface area (TPSA) is 49.3 Å². The van der Waals surface area contributed by atoms with Crippen molar-refractivity contribution in [2.75, 3.05) is 0 Å². The van der Waals surface area contributed by atoms with E-state index in [-0.39, 0.29) is 11.7 Å². The number of carbonyl (C=O) groups is 1. The summed E-state index contributed by atoms with van der Waals surface area (Å²) < 4.78 is 13.8. The predicted octanol–water partition coefficient (Wildman–Crippen LogP) is 3.46. The van der Waals surface area contributed by atoms with E-state index < -0.39 is 0 Å². The summed E-state index contributed by atoms with van der Waals surface area (Å²) in [4.78, 5) is 16.1. The van der Waals surface area contributed by atoms with Gasteiger partial charge in [0.25, 0.3) is 5.91 Å². The molecule has 0 spiro atoms. The van der Waals surface area contributed by atoms with Crippen molar-refractivity contribution in [2.45, 2.75) is 31.8 Å². The van der Waals surface area contributed by atoms with Crippen molar-refractivity contribution in [3.05, 3.63) is 72.6 Å². The van der Waals surface area contributed by atoms with Crippen molar-refractivity contribution >= 4 is 5.91 Å². The molecule has 2 aliphatic rings. The summed E-state index contributed by atoms with van der Waals surface area (Å²) in [5.41, 5.74) is 2.00. The van der Waals surface area contributed by atoms with Gasteiger partial charge in [0, 0.05) is 24.0 Å². The third-order valence-corrected chi connectivity index (χ3v) is 4.90. The Bertz CT molecular complexity index is 874. The summed E-state index contributed by atoms with van der Waals surface area (Å²) in [7, 11) is 0. The zero-order valence-corrected chi connectivity index (χ0v) is 14.3. The zero-order chi connectivity index (χ0) is 18.1. The van der Waals surface area contributed by atoms with Crippen LogP contribution in [0.3, 0.4) is 0 Å². The number of hydrogen-bond donors (Lipinski definition) is 0. The van der Waals surface area contributed by atoms with Gasteiger partial charge in [0.05, 0.1) is 17.9 Å². The van der Waals surface area contributed by atoms with Gasteiger partial charge >= 0.3 is 0 Å². The Hall–Kier alpha value is -3.02. The molecule has 1 aromatic carbocycles. The first-order valence-corrected chi connectivity index (χ1v) is 8.67. The molecule has 0 unspecified atom stereocenters. The molecule has 5 nitrogen and oxygen atoms in total. The minimum Gasteiger partial charge on any atom is -0.339 e. The maximum absolute atomic E-state index is 13.8. The number of nitrogens with zero attached hydrogens (tertiary/aromatic N) is 4. The highest BCUT2D eigenvalue weighted by Gasteiger charge is 2.31.